The SMILES string of the molecule is CCOC(=O)c1nc(-c2cccc(-n3cnnn3)c2)cs1. The molecule has 0 atom stereocenters. The van der Waals surface area contributed by atoms with Gasteiger partial charge in [-0.15, -0.1) is 16.4 Å². The molecule has 0 aliphatic rings. The summed E-state index contributed by atoms with van der Waals surface area (Å²) in [5.74, 6) is -0.398. The number of nitrogens with zero attached hydrogens (tertiary/aromatic N) is 5. The molecule has 0 bridgehead atoms. The highest BCUT2D eigenvalue weighted by Gasteiger charge is 2.13. The van der Waals surface area contributed by atoms with Gasteiger partial charge in [-0.25, -0.2) is 14.5 Å². The lowest BCUT2D eigenvalue weighted by molar-refractivity contribution is 0.0526. The first-order valence-corrected chi connectivity index (χ1v) is 7.12. The average Bonchev–Trinajstić information content (AvgIpc) is 3.19. The predicted octanol–water partition coefficient (Wildman–Crippen LogP) is 1.96. The van der Waals surface area contributed by atoms with Gasteiger partial charge in [0, 0.05) is 10.9 Å². The van der Waals surface area contributed by atoms with Gasteiger partial charge in [-0.3, -0.25) is 0 Å². The maximum Gasteiger partial charge on any atom is 0.367 e. The van der Waals surface area contributed by atoms with Crippen molar-refractivity contribution in [1.82, 2.24) is 25.2 Å². The van der Waals surface area contributed by atoms with Crippen LogP contribution in [0.15, 0.2) is 36.0 Å². The zero-order valence-electron chi connectivity index (χ0n) is 11.1. The molecule has 8 heteroatoms. The van der Waals surface area contributed by atoms with Crippen molar-refractivity contribution in [2.75, 3.05) is 6.61 Å². The van der Waals surface area contributed by atoms with Crippen LogP contribution in [-0.2, 0) is 4.74 Å². The maximum absolute atomic E-state index is 11.6. The number of hydrogen-bond donors (Lipinski definition) is 0. The van der Waals surface area contributed by atoms with E-state index in [0.717, 1.165) is 16.9 Å². The summed E-state index contributed by atoms with van der Waals surface area (Å²) in [6.45, 7) is 2.10. The Morgan fingerprint density at radius 3 is 3.10 bits per heavy atom. The first-order valence-electron chi connectivity index (χ1n) is 6.24. The van der Waals surface area contributed by atoms with Crippen molar-refractivity contribution in [3.8, 4) is 16.9 Å². The molecule has 0 aliphatic heterocycles. The molecule has 0 radical (unpaired) electrons. The van der Waals surface area contributed by atoms with Gasteiger partial charge in [0.25, 0.3) is 0 Å². The van der Waals surface area contributed by atoms with Crippen molar-refractivity contribution in [2.24, 2.45) is 0 Å². The molecule has 2 heterocycles. The second-order valence-corrected chi connectivity index (χ2v) is 4.92. The number of ether oxygens (including phenoxy) is 1. The third kappa shape index (κ3) is 2.79. The zero-order valence-corrected chi connectivity index (χ0v) is 11.9. The van der Waals surface area contributed by atoms with Gasteiger partial charge in [0.15, 0.2) is 0 Å². The van der Waals surface area contributed by atoms with Crippen LogP contribution in [0, 0.1) is 0 Å². The van der Waals surface area contributed by atoms with Crippen LogP contribution in [0.4, 0.5) is 0 Å². The Morgan fingerprint density at radius 1 is 1.43 bits per heavy atom. The minimum Gasteiger partial charge on any atom is -0.461 e. The van der Waals surface area contributed by atoms with E-state index in [9.17, 15) is 4.79 Å². The lowest BCUT2D eigenvalue weighted by Crippen LogP contribution is -2.03. The molecule has 0 fully saturated rings. The first-order chi connectivity index (χ1) is 10.3. The highest BCUT2D eigenvalue weighted by Crippen LogP contribution is 2.24. The molecular formula is C13H11N5O2S. The van der Waals surface area contributed by atoms with E-state index in [0.29, 0.717) is 11.6 Å². The van der Waals surface area contributed by atoms with E-state index in [-0.39, 0.29) is 0 Å². The Hall–Kier alpha value is -2.61. The molecule has 21 heavy (non-hydrogen) atoms. The summed E-state index contributed by atoms with van der Waals surface area (Å²) in [4.78, 5) is 15.9. The molecule has 0 aliphatic carbocycles. The number of rotatable bonds is 4. The minimum absolute atomic E-state index is 0.336. The van der Waals surface area contributed by atoms with Gasteiger partial charge in [-0.05, 0) is 29.5 Å². The van der Waals surface area contributed by atoms with Gasteiger partial charge in [-0.1, -0.05) is 12.1 Å². The molecular weight excluding hydrogens is 290 g/mol. The van der Waals surface area contributed by atoms with E-state index in [2.05, 4.69) is 20.5 Å². The number of benzene rings is 1. The van der Waals surface area contributed by atoms with Gasteiger partial charge >= 0.3 is 5.97 Å². The Bertz CT molecular complexity index is 754. The number of aromatic nitrogens is 5. The second-order valence-electron chi connectivity index (χ2n) is 4.06. The molecule has 0 saturated heterocycles. The third-order valence-electron chi connectivity index (χ3n) is 2.71. The Balaban J connectivity index is 1.91. The van der Waals surface area contributed by atoms with Crippen molar-refractivity contribution in [3.63, 3.8) is 0 Å². The summed E-state index contributed by atoms with van der Waals surface area (Å²) in [5, 5.41) is 13.2. The summed E-state index contributed by atoms with van der Waals surface area (Å²) >= 11 is 1.26. The van der Waals surface area contributed by atoms with Crippen molar-refractivity contribution < 1.29 is 9.53 Å². The summed E-state index contributed by atoms with van der Waals surface area (Å²) < 4.78 is 6.50. The van der Waals surface area contributed by atoms with E-state index in [1.165, 1.54) is 17.7 Å². The molecule has 0 amide bonds. The quantitative estimate of drug-likeness (QED) is 0.685. The molecule has 0 N–H and O–H groups in total. The van der Waals surface area contributed by atoms with Gasteiger partial charge < -0.3 is 4.74 Å². The van der Waals surface area contributed by atoms with Crippen molar-refractivity contribution in [2.45, 2.75) is 6.92 Å². The minimum atomic E-state index is -0.398. The standard InChI is InChI=1S/C13H11N5O2S/c1-2-20-13(19)12-15-11(7-21-12)9-4-3-5-10(6-9)18-8-14-16-17-18/h3-8H,2H2,1H3. The molecule has 7 nitrogen and oxygen atoms in total. The van der Waals surface area contributed by atoms with Crippen LogP contribution in [0.1, 0.15) is 16.7 Å². The van der Waals surface area contributed by atoms with Crippen molar-refractivity contribution >= 4 is 17.3 Å². The summed E-state index contributed by atoms with van der Waals surface area (Å²) in [6.07, 6.45) is 1.52. The van der Waals surface area contributed by atoms with Crippen molar-refractivity contribution in [3.05, 3.63) is 41.0 Å². The molecule has 3 aromatic rings. The summed E-state index contributed by atoms with van der Waals surface area (Å²) in [7, 11) is 0. The Kier molecular flexibility index (Phi) is 3.69. The zero-order chi connectivity index (χ0) is 14.7. The number of carbonyl (C=O) groups is 1. The molecule has 3 rings (SSSR count). The van der Waals surface area contributed by atoms with Crippen LogP contribution < -0.4 is 0 Å². The smallest absolute Gasteiger partial charge is 0.367 e. The lowest BCUT2D eigenvalue weighted by atomic mass is 10.1. The fraction of sp³-hybridized carbons (Fsp3) is 0.154. The fourth-order valence-corrected chi connectivity index (χ4v) is 2.50. The number of tetrazole rings is 1. The highest BCUT2D eigenvalue weighted by molar-refractivity contribution is 7.11. The van der Waals surface area contributed by atoms with E-state index in [1.54, 1.807) is 11.6 Å². The second kappa shape index (κ2) is 5.80. The monoisotopic (exact) mass is 301 g/mol. The van der Waals surface area contributed by atoms with E-state index in [1.807, 2.05) is 29.6 Å². The van der Waals surface area contributed by atoms with Crippen LogP contribution in [0.2, 0.25) is 0 Å². The highest BCUT2D eigenvalue weighted by atomic mass is 32.1. The number of esters is 1. The Labute approximate surface area is 124 Å². The van der Waals surface area contributed by atoms with E-state index < -0.39 is 5.97 Å². The van der Waals surface area contributed by atoms with Crippen LogP contribution in [0.25, 0.3) is 16.9 Å². The average molecular weight is 301 g/mol. The van der Waals surface area contributed by atoms with Crippen LogP contribution in [-0.4, -0.2) is 37.8 Å². The molecule has 0 saturated carbocycles. The fourth-order valence-electron chi connectivity index (χ4n) is 1.78. The summed E-state index contributed by atoms with van der Waals surface area (Å²) in [5.41, 5.74) is 2.43. The van der Waals surface area contributed by atoms with Gasteiger partial charge in [-0.2, -0.15) is 0 Å². The van der Waals surface area contributed by atoms with Crippen LogP contribution >= 0.6 is 11.3 Å². The number of hydrogen-bond acceptors (Lipinski definition) is 7. The molecule has 0 unspecified atom stereocenters. The van der Waals surface area contributed by atoms with Crippen LogP contribution in [0.3, 0.4) is 0 Å². The topological polar surface area (TPSA) is 82.8 Å². The summed E-state index contributed by atoms with van der Waals surface area (Å²) in [6, 6.07) is 7.59. The molecule has 106 valence electrons. The number of thiazole rings is 1. The molecule has 0 spiro atoms. The maximum atomic E-state index is 11.6. The van der Waals surface area contributed by atoms with Gasteiger partial charge in [0.05, 0.1) is 18.0 Å². The lowest BCUT2D eigenvalue weighted by Gasteiger charge is -2.02. The van der Waals surface area contributed by atoms with E-state index in [4.69, 9.17) is 4.74 Å². The van der Waals surface area contributed by atoms with Gasteiger partial charge in [0.2, 0.25) is 5.01 Å². The van der Waals surface area contributed by atoms with E-state index >= 15 is 0 Å². The van der Waals surface area contributed by atoms with Crippen LogP contribution in [0.5, 0.6) is 0 Å². The third-order valence-corrected chi connectivity index (χ3v) is 3.53. The van der Waals surface area contributed by atoms with Gasteiger partial charge in [0.1, 0.15) is 6.33 Å². The van der Waals surface area contributed by atoms with Crippen molar-refractivity contribution in [1.29, 1.82) is 0 Å². The normalized spacial score (nSPS) is 10.5. The largest absolute Gasteiger partial charge is 0.461 e. The predicted molar refractivity (Wildman–Crippen MR) is 76.2 cm³/mol. The Morgan fingerprint density at radius 2 is 2.33 bits per heavy atom. The molecule has 2 aromatic heterocycles. The first kappa shape index (κ1) is 13.4. The number of carbonyl (C=O) groups excluding carboxylic acids is 1. The molecule has 1 aromatic carbocycles.